The van der Waals surface area contributed by atoms with Crippen molar-refractivity contribution in [2.24, 2.45) is 0 Å². The maximum atomic E-state index is 11.3. The number of hydrogen-bond donors (Lipinski definition) is 1. The number of carbonyl (C=O) groups is 1. The number of pyridine rings is 1. The van der Waals surface area contributed by atoms with Crippen molar-refractivity contribution in [1.82, 2.24) is 14.5 Å². The molecule has 170 valence electrons. The van der Waals surface area contributed by atoms with Crippen LogP contribution >= 0.6 is 0 Å². The van der Waals surface area contributed by atoms with E-state index in [0.29, 0.717) is 24.9 Å². The predicted molar refractivity (Wildman–Crippen MR) is 124 cm³/mol. The number of aromatic nitrogens is 2. The minimum atomic E-state index is -0.961. The van der Waals surface area contributed by atoms with Gasteiger partial charge in [-0.25, -0.2) is 4.79 Å². The Labute approximate surface area is 188 Å². The molecular formula is C25H31N3O4. The summed E-state index contributed by atoms with van der Waals surface area (Å²) >= 11 is 0. The maximum absolute atomic E-state index is 11.3. The van der Waals surface area contributed by atoms with Crippen LogP contribution in [0, 0.1) is 0 Å². The normalized spacial score (nSPS) is 15.3. The number of hydrogen-bond acceptors (Lipinski definition) is 5. The number of carboxylic acids is 1. The Balaban J connectivity index is 1.33. The molecule has 1 N–H and O–H groups in total. The molecule has 0 spiro atoms. The van der Waals surface area contributed by atoms with Crippen molar-refractivity contribution in [3.05, 3.63) is 60.0 Å². The molecule has 1 saturated heterocycles. The lowest BCUT2D eigenvalue weighted by molar-refractivity contribution is 0.0691. The highest BCUT2D eigenvalue weighted by atomic mass is 16.5. The zero-order valence-corrected chi connectivity index (χ0v) is 18.6. The summed E-state index contributed by atoms with van der Waals surface area (Å²) in [6.45, 7) is 7.58. The summed E-state index contributed by atoms with van der Waals surface area (Å²) in [6.07, 6.45) is 8.31. The van der Waals surface area contributed by atoms with E-state index in [9.17, 15) is 9.90 Å². The highest BCUT2D eigenvalue weighted by Crippen LogP contribution is 2.34. The van der Waals surface area contributed by atoms with Gasteiger partial charge in [0.25, 0.3) is 0 Å². The van der Waals surface area contributed by atoms with Crippen molar-refractivity contribution in [3.63, 3.8) is 0 Å². The van der Waals surface area contributed by atoms with Crippen LogP contribution < -0.4 is 4.74 Å². The molecule has 0 saturated carbocycles. The standard InChI is InChI=1S/C25H31N3O4/c1-2-31-15-14-28-18-22(20-7-10-26-17-23(20)28)19-8-11-27(12-9-19)13-16-32-24-6-4-3-5-21(24)25(29)30/h3-7,10,17-19H,2,8-9,11-16H2,1H3,(H,29,30). The van der Waals surface area contributed by atoms with E-state index in [1.807, 2.05) is 19.3 Å². The first-order valence-electron chi connectivity index (χ1n) is 11.3. The predicted octanol–water partition coefficient (Wildman–Crippen LogP) is 4.03. The number of rotatable bonds is 10. The highest BCUT2D eigenvalue weighted by molar-refractivity contribution is 5.90. The fourth-order valence-electron chi connectivity index (χ4n) is 4.51. The van der Waals surface area contributed by atoms with Crippen molar-refractivity contribution < 1.29 is 19.4 Å². The fourth-order valence-corrected chi connectivity index (χ4v) is 4.51. The van der Waals surface area contributed by atoms with E-state index in [2.05, 4.69) is 26.7 Å². The summed E-state index contributed by atoms with van der Waals surface area (Å²) in [6, 6.07) is 8.93. The number of aromatic carboxylic acids is 1. The minimum Gasteiger partial charge on any atom is -0.491 e. The molecule has 0 aliphatic carbocycles. The number of ether oxygens (including phenoxy) is 2. The van der Waals surface area contributed by atoms with E-state index in [1.165, 1.54) is 16.5 Å². The Morgan fingerprint density at radius 1 is 1.16 bits per heavy atom. The van der Waals surface area contributed by atoms with Crippen molar-refractivity contribution >= 4 is 16.9 Å². The lowest BCUT2D eigenvalue weighted by Gasteiger charge is -2.31. The number of benzene rings is 1. The second kappa shape index (κ2) is 10.6. The van der Waals surface area contributed by atoms with Gasteiger partial charge in [0.15, 0.2) is 0 Å². The summed E-state index contributed by atoms with van der Waals surface area (Å²) in [7, 11) is 0. The van der Waals surface area contributed by atoms with Gasteiger partial charge in [-0.15, -0.1) is 0 Å². The van der Waals surface area contributed by atoms with Crippen LogP contribution in [-0.2, 0) is 11.3 Å². The summed E-state index contributed by atoms with van der Waals surface area (Å²) in [5.74, 6) is -0.00135. The third-order valence-electron chi connectivity index (χ3n) is 6.21. The van der Waals surface area contributed by atoms with Crippen molar-refractivity contribution in [1.29, 1.82) is 0 Å². The topological polar surface area (TPSA) is 76.8 Å². The van der Waals surface area contributed by atoms with Crippen LogP contribution in [0.25, 0.3) is 10.9 Å². The molecule has 0 atom stereocenters. The smallest absolute Gasteiger partial charge is 0.339 e. The van der Waals surface area contributed by atoms with E-state index in [4.69, 9.17) is 9.47 Å². The number of nitrogens with zero attached hydrogens (tertiary/aromatic N) is 3. The van der Waals surface area contributed by atoms with E-state index in [0.717, 1.165) is 45.6 Å². The Bertz CT molecular complexity index is 1040. The van der Waals surface area contributed by atoms with Gasteiger partial charge >= 0.3 is 5.97 Å². The number of para-hydroxylation sites is 1. The number of carboxylic acid groups (broad SMARTS) is 1. The van der Waals surface area contributed by atoms with Crippen LogP contribution in [0.2, 0.25) is 0 Å². The van der Waals surface area contributed by atoms with Gasteiger partial charge in [0.05, 0.1) is 18.3 Å². The first kappa shape index (κ1) is 22.3. The second-order valence-corrected chi connectivity index (χ2v) is 8.13. The number of fused-ring (bicyclic) bond motifs is 1. The Kier molecular flexibility index (Phi) is 7.39. The molecule has 7 nitrogen and oxygen atoms in total. The molecule has 0 unspecified atom stereocenters. The average Bonchev–Trinajstić information content (AvgIpc) is 3.19. The molecular weight excluding hydrogens is 406 g/mol. The van der Waals surface area contributed by atoms with E-state index in [-0.39, 0.29) is 5.56 Å². The zero-order chi connectivity index (χ0) is 22.3. The molecule has 3 aromatic rings. The van der Waals surface area contributed by atoms with E-state index in [1.54, 1.807) is 24.3 Å². The van der Waals surface area contributed by atoms with Crippen LogP contribution in [-0.4, -0.2) is 65.0 Å². The highest BCUT2D eigenvalue weighted by Gasteiger charge is 2.24. The van der Waals surface area contributed by atoms with Gasteiger partial charge in [-0.1, -0.05) is 12.1 Å². The molecule has 1 aliphatic rings. The lowest BCUT2D eigenvalue weighted by atomic mass is 9.89. The molecule has 0 bridgehead atoms. The van der Waals surface area contributed by atoms with Crippen LogP contribution in [0.1, 0.15) is 41.6 Å². The number of likely N-dealkylation sites (tertiary alicyclic amines) is 1. The molecule has 0 radical (unpaired) electrons. The quantitative estimate of drug-likeness (QED) is 0.483. The monoisotopic (exact) mass is 437 g/mol. The molecule has 7 heteroatoms. The van der Waals surface area contributed by atoms with Crippen molar-refractivity contribution in [3.8, 4) is 5.75 Å². The average molecular weight is 438 g/mol. The van der Waals surface area contributed by atoms with Gasteiger partial charge in [0.1, 0.15) is 17.9 Å². The molecule has 3 heterocycles. The summed E-state index contributed by atoms with van der Waals surface area (Å²) in [5, 5.41) is 10.6. The zero-order valence-electron chi connectivity index (χ0n) is 18.6. The van der Waals surface area contributed by atoms with Gasteiger partial charge in [-0.2, -0.15) is 0 Å². The Morgan fingerprint density at radius 2 is 1.97 bits per heavy atom. The van der Waals surface area contributed by atoms with Crippen LogP contribution in [0.4, 0.5) is 0 Å². The van der Waals surface area contributed by atoms with Gasteiger partial charge in [-0.3, -0.25) is 9.88 Å². The van der Waals surface area contributed by atoms with Gasteiger partial charge < -0.3 is 19.1 Å². The molecule has 32 heavy (non-hydrogen) atoms. The Hall–Kier alpha value is -2.90. The third-order valence-corrected chi connectivity index (χ3v) is 6.21. The Morgan fingerprint density at radius 3 is 2.75 bits per heavy atom. The summed E-state index contributed by atoms with van der Waals surface area (Å²) in [5.41, 5.74) is 2.79. The largest absolute Gasteiger partial charge is 0.491 e. The first-order valence-corrected chi connectivity index (χ1v) is 11.3. The molecule has 1 fully saturated rings. The van der Waals surface area contributed by atoms with E-state index < -0.39 is 5.97 Å². The van der Waals surface area contributed by atoms with Gasteiger partial charge in [-0.05, 0) is 62.5 Å². The minimum absolute atomic E-state index is 0.210. The van der Waals surface area contributed by atoms with Crippen molar-refractivity contribution in [2.45, 2.75) is 32.2 Å². The SMILES string of the molecule is CCOCCn1cc(C2CCN(CCOc3ccccc3C(=O)O)CC2)c2ccncc21. The fraction of sp³-hybridized carbons (Fsp3) is 0.440. The molecule has 1 aromatic carbocycles. The molecule has 0 amide bonds. The number of piperidine rings is 1. The molecule has 1 aliphatic heterocycles. The third kappa shape index (κ3) is 5.11. The molecule has 4 rings (SSSR count). The van der Waals surface area contributed by atoms with E-state index >= 15 is 0 Å². The first-order chi connectivity index (χ1) is 15.7. The second-order valence-electron chi connectivity index (χ2n) is 8.13. The molecule has 2 aromatic heterocycles. The lowest BCUT2D eigenvalue weighted by Crippen LogP contribution is -2.35. The van der Waals surface area contributed by atoms with Crippen LogP contribution in [0.15, 0.2) is 48.9 Å². The summed E-state index contributed by atoms with van der Waals surface area (Å²) < 4.78 is 13.6. The summed E-state index contributed by atoms with van der Waals surface area (Å²) in [4.78, 5) is 18.0. The maximum Gasteiger partial charge on any atom is 0.339 e. The van der Waals surface area contributed by atoms with Gasteiger partial charge in [0.2, 0.25) is 0 Å². The van der Waals surface area contributed by atoms with Gasteiger partial charge in [0, 0.05) is 37.5 Å². The van der Waals surface area contributed by atoms with Crippen molar-refractivity contribution in [2.75, 3.05) is 39.5 Å². The van der Waals surface area contributed by atoms with Crippen LogP contribution in [0.3, 0.4) is 0 Å². The van der Waals surface area contributed by atoms with Crippen LogP contribution in [0.5, 0.6) is 5.75 Å².